The molecule has 0 saturated heterocycles. The molecule has 7 nitrogen and oxygen atoms in total. The van der Waals surface area contributed by atoms with Crippen LogP contribution in [0.25, 0.3) is 0 Å². The lowest BCUT2D eigenvalue weighted by Crippen LogP contribution is -2.33. The first-order chi connectivity index (χ1) is 11.3. The van der Waals surface area contributed by atoms with Crippen molar-refractivity contribution in [1.29, 1.82) is 0 Å². The second-order valence-electron chi connectivity index (χ2n) is 5.42. The summed E-state index contributed by atoms with van der Waals surface area (Å²) >= 11 is 0. The Labute approximate surface area is 141 Å². The van der Waals surface area contributed by atoms with E-state index in [2.05, 4.69) is 6.58 Å². The predicted octanol–water partition coefficient (Wildman–Crippen LogP) is 1.03. The first-order valence-corrected chi connectivity index (χ1v) is 9.45. The number of sulfone groups is 1. The molecule has 0 unspecified atom stereocenters. The molecule has 1 aromatic rings. The van der Waals surface area contributed by atoms with Crippen LogP contribution < -0.4 is 14.2 Å². The molecule has 1 amide bonds. The van der Waals surface area contributed by atoms with Gasteiger partial charge in [0.15, 0.2) is 11.5 Å². The Bertz CT molecular complexity index is 711. The fraction of sp³-hybridized carbons (Fsp3) is 0.438. The lowest BCUT2D eigenvalue weighted by atomic mass is 10.1. The molecular weight excluding hydrogens is 334 g/mol. The summed E-state index contributed by atoms with van der Waals surface area (Å²) in [6.45, 7) is 4.64. The van der Waals surface area contributed by atoms with E-state index in [1.807, 2.05) is 0 Å². The fourth-order valence-electron chi connectivity index (χ4n) is 2.31. The maximum Gasteiger partial charge on any atom is 0.246 e. The quantitative estimate of drug-likeness (QED) is 0.680. The number of fused-ring (bicyclic) bond motifs is 1. The molecule has 8 heteroatoms. The number of carbonyl (C=O) groups is 1. The second-order valence-corrected chi connectivity index (χ2v) is 7.68. The van der Waals surface area contributed by atoms with Crippen LogP contribution in [0.5, 0.6) is 17.2 Å². The molecule has 0 aromatic heterocycles. The van der Waals surface area contributed by atoms with Crippen LogP contribution >= 0.6 is 0 Å². The normalized spacial score (nSPS) is 13.2. The van der Waals surface area contributed by atoms with Crippen molar-refractivity contribution in [3.63, 3.8) is 0 Å². The van der Waals surface area contributed by atoms with E-state index in [0.29, 0.717) is 30.5 Å². The Balaban J connectivity index is 2.24. The van der Waals surface area contributed by atoms with Crippen molar-refractivity contribution in [2.75, 3.05) is 38.9 Å². The van der Waals surface area contributed by atoms with Gasteiger partial charge in [0.25, 0.3) is 0 Å². The molecule has 0 atom stereocenters. The van der Waals surface area contributed by atoms with Gasteiger partial charge in [-0.05, 0) is 23.8 Å². The molecule has 1 heterocycles. The molecule has 0 bridgehead atoms. The minimum Gasteiger partial charge on any atom is -0.493 e. The molecule has 1 aromatic carbocycles. The molecule has 0 spiro atoms. The van der Waals surface area contributed by atoms with Crippen molar-refractivity contribution in [1.82, 2.24) is 4.90 Å². The van der Waals surface area contributed by atoms with E-state index in [0.717, 1.165) is 17.9 Å². The molecule has 2 rings (SSSR count). The summed E-state index contributed by atoms with van der Waals surface area (Å²) in [4.78, 5) is 13.4. The Morgan fingerprint density at radius 3 is 2.71 bits per heavy atom. The summed E-state index contributed by atoms with van der Waals surface area (Å²) in [5.74, 6) is 1.13. The minimum absolute atomic E-state index is 0.0838. The molecule has 0 saturated carbocycles. The van der Waals surface area contributed by atoms with Gasteiger partial charge in [-0.1, -0.05) is 6.58 Å². The topological polar surface area (TPSA) is 82.1 Å². The van der Waals surface area contributed by atoms with Crippen LogP contribution in [-0.2, 0) is 21.2 Å². The van der Waals surface area contributed by atoms with Gasteiger partial charge in [0.1, 0.15) is 23.1 Å². The first-order valence-electron chi connectivity index (χ1n) is 7.39. The number of benzene rings is 1. The Hall–Kier alpha value is -2.22. The second kappa shape index (κ2) is 7.57. The van der Waals surface area contributed by atoms with Crippen molar-refractivity contribution in [3.8, 4) is 17.2 Å². The summed E-state index contributed by atoms with van der Waals surface area (Å²) in [5, 5.41) is 0. The van der Waals surface area contributed by atoms with Crippen LogP contribution in [0.4, 0.5) is 0 Å². The van der Waals surface area contributed by atoms with Gasteiger partial charge < -0.3 is 19.1 Å². The predicted molar refractivity (Wildman–Crippen MR) is 89.3 cm³/mol. The van der Waals surface area contributed by atoms with E-state index in [-0.39, 0.29) is 24.7 Å². The van der Waals surface area contributed by atoms with Crippen molar-refractivity contribution >= 4 is 15.7 Å². The maximum absolute atomic E-state index is 12.0. The van der Waals surface area contributed by atoms with Crippen molar-refractivity contribution in [2.45, 2.75) is 6.54 Å². The molecule has 0 radical (unpaired) electrons. The molecule has 0 fully saturated rings. The average Bonchev–Trinajstić information content (AvgIpc) is 2.56. The van der Waals surface area contributed by atoms with Crippen LogP contribution in [0.3, 0.4) is 0 Å². The van der Waals surface area contributed by atoms with Crippen LogP contribution in [0, 0.1) is 0 Å². The van der Waals surface area contributed by atoms with Gasteiger partial charge in [0, 0.05) is 19.3 Å². The van der Waals surface area contributed by atoms with Crippen LogP contribution in [0.15, 0.2) is 24.8 Å². The van der Waals surface area contributed by atoms with E-state index in [1.54, 1.807) is 12.1 Å². The zero-order valence-electron chi connectivity index (χ0n) is 13.8. The van der Waals surface area contributed by atoms with E-state index in [1.165, 1.54) is 12.0 Å². The smallest absolute Gasteiger partial charge is 0.246 e. The lowest BCUT2D eigenvalue weighted by molar-refractivity contribution is -0.126. The van der Waals surface area contributed by atoms with Crippen LogP contribution in [0.1, 0.15) is 5.56 Å². The molecule has 1 aliphatic rings. The SMILES string of the molecule is C=CC(=O)N(CCS(C)(=O)=O)Cc1cc(OC)c2c(c1)OCCO2. The Morgan fingerprint density at radius 2 is 2.08 bits per heavy atom. The number of carbonyl (C=O) groups excluding carboxylic acids is 1. The van der Waals surface area contributed by atoms with E-state index in [4.69, 9.17) is 14.2 Å². The van der Waals surface area contributed by atoms with Gasteiger partial charge in [-0.25, -0.2) is 8.42 Å². The number of hydrogen-bond donors (Lipinski definition) is 0. The van der Waals surface area contributed by atoms with Gasteiger partial charge in [0.2, 0.25) is 11.7 Å². The van der Waals surface area contributed by atoms with Crippen LogP contribution in [0.2, 0.25) is 0 Å². The van der Waals surface area contributed by atoms with Gasteiger partial charge in [-0.2, -0.15) is 0 Å². The van der Waals surface area contributed by atoms with E-state index in [9.17, 15) is 13.2 Å². The number of methoxy groups -OCH3 is 1. The summed E-state index contributed by atoms with van der Waals surface area (Å²) in [5.41, 5.74) is 0.750. The molecule has 132 valence electrons. The van der Waals surface area contributed by atoms with Gasteiger partial charge >= 0.3 is 0 Å². The maximum atomic E-state index is 12.0. The third kappa shape index (κ3) is 4.64. The summed E-state index contributed by atoms with van der Waals surface area (Å²) < 4.78 is 39.2. The summed E-state index contributed by atoms with van der Waals surface area (Å²) in [7, 11) is -1.66. The molecule has 1 aliphatic heterocycles. The summed E-state index contributed by atoms with van der Waals surface area (Å²) in [6.07, 6.45) is 2.30. The first kappa shape index (κ1) is 18.1. The lowest BCUT2D eigenvalue weighted by Gasteiger charge is -2.24. The van der Waals surface area contributed by atoms with E-state index < -0.39 is 9.84 Å². The average molecular weight is 355 g/mol. The third-order valence-electron chi connectivity index (χ3n) is 3.48. The Kier molecular flexibility index (Phi) is 5.71. The van der Waals surface area contributed by atoms with Crippen LogP contribution in [-0.4, -0.2) is 58.1 Å². The standard InChI is InChI=1S/C16H21NO6S/c1-4-15(18)17(5-8-24(3,19)20)11-12-9-13(21-2)16-14(10-12)22-6-7-23-16/h4,9-10H,1,5-8,11H2,2-3H3. The highest BCUT2D eigenvalue weighted by atomic mass is 32.2. The zero-order chi connectivity index (χ0) is 17.7. The molecule has 0 aliphatic carbocycles. The molecule has 0 N–H and O–H groups in total. The summed E-state index contributed by atoms with van der Waals surface area (Å²) in [6, 6.07) is 3.51. The molecular formula is C16H21NO6S. The monoisotopic (exact) mass is 355 g/mol. The largest absolute Gasteiger partial charge is 0.493 e. The molecule has 24 heavy (non-hydrogen) atoms. The Morgan fingerprint density at radius 1 is 1.38 bits per heavy atom. The number of hydrogen-bond acceptors (Lipinski definition) is 6. The highest BCUT2D eigenvalue weighted by Crippen LogP contribution is 2.40. The highest BCUT2D eigenvalue weighted by molar-refractivity contribution is 7.90. The zero-order valence-corrected chi connectivity index (χ0v) is 14.6. The third-order valence-corrected chi connectivity index (χ3v) is 4.40. The van der Waals surface area contributed by atoms with Gasteiger partial charge in [0.05, 0.1) is 12.9 Å². The minimum atomic E-state index is -3.18. The van der Waals surface area contributed by atoms with Crippen molar-refractivity contribution in [3.05, 3.63) is 30.4 Å². The number of rotatable bonds is 7. The fourth-order valence-corrected chi connectivity index (χ4v) is 2.86. The van der Waals surface area contributed by atoms with Crippen molar-refractivity contribution in [2.24, 2.45) is 0 Å². The number of ether oxygens (including phenoxy) is 3. The highest BCUT2D eigenvalue weighted by Gasteiger charge is 2.20. The van der Waals surface area contributed by atoms with Gasteiger partial charge in [-0.3, -0.25) is 4.79 Å². The number of nitrogens with zero attached hydrogens (tertiary/aromatic N) is 1. The van der Waals surface area contributed by atoms with E-state index >= 15 is 0 Å². The van der Waals surface area contributed by atoms with Gasteiger partial charge in [-0.15, -0.1) is 0 Å². The van der Waals surface area contributed by atoms with Crippen molar-refractivity contribution < 1.29 is 27.4 Å². The number of amides is 1.